The Kier molecular flexibility index (Phi) is 3.64. The molecular weight excluding hydrogens is 266 g/mol. The standard InChI is InChI=1S/C13H16BrNO/c1-10(16)12-6-5-11(9-13(12)14)15-7-3-2-4-8-15/h5-6,9H,2-4,7-8H2,1H3. The molecule has 2 rings (SSSR count). The molecule has 2 nitrogen and oxygen atoms in total. The van der Waals surface area contributed by atoms with Crippen molar-refractivity contribution in [3.63, 3.8) is 0 Å². The minimum atomic E-state index is 0.108. The molecule has 0 radical (unpaired) electrons. The van der Waals surface area contributed by atoms with E-state index >= 15 is 0 Å². The van der Waals surface area contributed by atoms with Crippen molar-refractivity contribution in [2.75, 3.05) is 18.0 Å². The highest BCUT2D eigenvalue weighted by Crippen LogP contribution is 2.26. The van der Waals surface area contributed by atoms with E-state index in [9.17, 15) is 4.79 Å². The number of hydrogen-bond donors (Lipinski definition) is 0. The van der Waals surface area contributed by atoms with Gasteiger partial charge in [0.15, 0.2) is 5.78 Å². The summed E-state index contributed by atoms with van der Waals surface area (Å²) in [4.78, 5) is 13.7. The molecule has 1 heterocycles. The number of piperidine rings is 1. The topological polar surface area (TPSA) is 20.3 Å². The van der Waals surface area contributed by atoms with Crippen LogP contribution >= 0.6 is 15.9 Å². The Morgan fingerprint density at radius 3 is 2.50 bits per heavy atom. The van der Waals surface area contributed by atoms with Crippen LogP contribution in [0.5, 0.6) is 0 Å². The Hall–Kier alpha value is -0.830. The summed E-state index contributed by atoms with van der Waals surface area (Å²) in [5, 5.41) is 0. The lowest BCUT2D eigenvalue weighted by atomic mass is 10.1. The molecule has 86 valence electrons. The van der Waals surface area contributed by atoms with E-state index < -0.39 is 0 Å². The average Bonchev–Trinajstić information content (AvgIpc) is 2.29. The van der Waals surface area contributed by atoms with E-state index in [1.54, 1.807) is 6.92 Å². The number of anilines is 1. The molecule has 0 spiro atoms. The maximum Gasteiger partial charge on any atom is 0.160 e. The van der Waals surface area contributed by atoms with Gasteiger partial charge in [-0.2, -0.15) is 0 Å². The predicted octanol–water partition coefficient (Wildman–Crippen LogP) is 3.64. The number of benzene rings is 1. The number of ketones is 1. The third-order valence-corrected chi connectivity index (χ3v) is 3.71. The molecule has 0 aliphatic carbocycles. The molecule has 0 aromatic heterocycles. The van der Waals surface area contributed by atoms with Crippen LogP contribution in [0.15, 0.2) is 22.7 Å². The molecule has 0 atom stereocenters. The summed E-state index contributed by atoms with van der Waals surface area (Å²) in [6.07, 6.45) is 3.88. The first-order valence-electron chi connectivity index (χ1n) is 5.74. The Morgan fingerprint density at radius 1 is 1.25 bits per heavy atom. The van der Waals surface area contributed by atoms with Crippen molar-refractivity contribution in [3.8, 4) is 0 Å². The average molecular weight is 282 g/mol. The largest absolute Gasteiger partial charge is 0.372 e. The third kappa shape index (κ3) is 2.46. The van der Waals surface area contributed by atoms with Gasteiger partial charge < -0.3 is 4.90 Å². The number of nitrogens with zero attached hydrogens (tertiary/aromatic N) is 1. The summed E-state index contributed by atoms with van der Waals surface area (Å²) in [6.45, 7) is 3.86. The van der Waals surface area contributed by atoms with Crippen LogP contribution in [0.1, 0.15) is 36.5 Å². The minimum absolute atomic E-state index is 0.108. The molecule has 1 aliphatic rings. The normalized spacial score (nSPS) is 16.2. The van der Waals surface area contributed by atoms with E-state index in [0.717, 1.165) is 23.1 Å². The maximum absolute atomic E-state index is 11.3. The van der Waals surface area contributed by atoms with Gasteiger partial charge in [-0.25, -0.2) is 0 Å². The van der Waals surface area contributed by atoms with E-state index in [-0.39, 0.29) is 5.78 Å². The summed E-state index contributed by atoms with van der Waals surface area (Å²) in [5.41, 5.74) is 1.98. The molecule has 1 saturated heterocycles. The van der Waals surface area contributed by atoms with Gasteiger partial charge in [-0.3, -0.25) is 4.79 Å². The van der Waals surface area contributed by atoms with Gasteiger partial charge in [0.25, 0.3) is 0 Å². The fourth-order valence-corrected chi connectivity index (χ4v) is 2.78. The lowest BCUT2D eigenvalue weighted by Gasteiger charge is -2.29. The Morgan fingerprint density at radius 2 is 1.94 bits per heavy atom. The molecule has 1 aromatic carbocycles. The minimum Gasteiger partial charge on any atom is -0.372 e. The second kappa shape index (κ2) is 5.00. The highest BCUT2D eigenvalue weighted by molar-refractivity contribution is 9.10. The van der Waals surface area contributed by atoms with Crippen LogP contribution in [-0.4, -0.2) is 18.9 Å². The summed E-state index contributed by atoms with van der Waals surface area (Å²) in [5.74, 6) is 0.108. The number of rotatable bonds is 2. The van der Waals surface area contributed by atoms with Gasteiger partial charge in [-0.05, 0) is 60.3 Å². The van der Waals surface area contributed by atoms with Crippen molar-refractivity contribution in [1.29, 1.82) is 0 Å². The Labute approximate surface area is 105 Å². The fraction of sp³-hybridized carbons (Fsp3) is 0.462. The zero-order chi connectivity index (χ0) is 11.5. The summed E-state index contributed by atoms with van der Waals surface area (Å²) < 4.78 is 0.906. The Bertz CT molecular complexity index is 397. The number of carbonyl (C=O) groups excluding carboxylic acids is 1. The van der Waals surface area contributed by atoms with Gasteiger partial charge in [-0.15, -0.1) is 0 Å². The molecule has 0 bridgehead atoms. The first-order chi connectivity index (χ1) is 7.68. The van der Waals surface area contributed by atoms with Crippen molar-refractivity contribution < 1.29 is 4.79 Å². The van der Waals surface area contributed by atoms with Crippen LogP contribution in [0.2, 0.25) is 0 Å². The van der Waals surface area contributed by atoms with Gasteiger partial charge in [0.1, 0.15) is 0 Å². The van der Waals surface area contributed by atoms with Crippen LogP contribution in [0.25, 0.3) is 0 Å². The monoisotopic (exact) mass is 281 g/mol. The third-order valence-electron chi connectivity index (χ3n) is 3.05. The fourth-order valence-electron chi connectivity index (χ4n) is 2.14. The molecule has 0 amide bonds. The molecule has 16 heavy (non-hydrogen) atoms. The highest BCUT2D eigenvalue weighted by Gasteiger charge is 2.13. The lowest BCUT2D eigenvalue weighted by molar-refractivity contribution is 0.101. The summed E-state index contributed by atoms with van der Waals surface area (Å²) in [7, 11) is 0. The smallest absolute Gasteiger partial charge is 0.160 e. The lowest BCUT2D eigenvalue weighted by Crippen LogP contribution is -2.29. The zero-order valence-electron chi connectivity index (χ0n) is 9.50. The van der Waals surface area contributed by atoms with Crippen LogP contribution < -0.4 is 4.90 Å². The molecule has 1 aromatic rings. The zero-order valence-corrected chi connectivity index (χ0v) is 11.1. The van der Waals surface area contributed by atoms with Crippen LogP contribution in [-0.2, 0) is 0 Å². The summed E-state index contributed by atoms with van der Waals surface area (Å²) >= 11 is 3.47. The molecule has 1 aliphatic heterocycles. The SMILES string of the molecule is CC(=O)c1ccc(N2CCCCC2)cc1Br. The van der Waals surface area contributed by atoms with Gasteiger partial charge >= 0.3 is 0 Å². The second-order valence-corrected chi connectivity index (χ2v) is 5.12. The first-order valence-corrected chi connectivity index (χ1v) is 6.53. The predicted molar refractivity (Wildman–Crippen MR) is 70.2 cm³/mol. The number of hydrogen-bond acceptors (Lipinski definition) is 2. The second-order valence-electron chi connectivity index (χ2n) is 4.27. The number of carbonyl (C=O) groups is 1. The number of halogens is 1. The molecule has 0 N–H and O–H groups in total. The van der Waals surface area contributed by atoms with Gasteiger partial charge in [0.05, 0.1) is 0 Å². The Balaban J connectivity index is 2.23. The maximum atomic E-state index is 11.3. The van der Waals surface area contributed by atoms with Crippen molar-refractivity contribution in [3.05, 3.63) is 28.2 Å². The van der Waals surface area contributed by atoms with E-state index in [1.165, 1.54) is 24.9 Å². The quantitative estimate of drug-likeness (QED) is 0.772. The van der Waals surface area contributed by atoms with Gasteiger partial charge in [0, 0.05) is 28.8 Å². The number of Topliss-reactive ketones (excluding diaryl/α,β-unsaturated/α-hetero) is 1. The molecule has 0 unspecified atom stereocenters. The molecule has 1 fully saturated rings. The van der Waals surface area contributed by atoms with Gasteiger partial charge in [-0.1, -0.05) is 0 Å². The van der Waals surface area contributed by atoms with Crippen LogP contribution in [0, 0.1) is 0 Å². The van der Waals surface area contributed by atoms with Crippen LogP contribution in [0.4, 0.5) is 5.69 Å². The molecular formula is C13H16BrNO. The van der Waals surface area contributed by atoms with E-state index in [0.29, 0.717) is 0 Å². The van der Waals surface area contributed by atoms with Crippen LogP contribution in [0.3, 0.4) is 0 Å². The first kappa shape index (κ1) is 11.6. The van der Waals surface area contributed by atoms with E-state index in [2.05, 4.69) is 26.9 Å². The summed E-state index contributed by atoms with van der Waals surface area (Å²) in [6, 6.07) is 6.02. The highest BCUT2D eigenvalue weighted by atomic mass is 79.9. The van der Waals surface area contributed by atoms with Crippen molar-refractivity contribution in [2.45, 2.75) is 26.2 Å². The molecule has 3 heteroatoms. The van der Waals surface area contributed by atoms with Gasteiger partial charge in [0.2, 0.25) is 0 Å². The van der Waals surface area contributed by atoms with Crippen molar-refractivity contribution >= 4 is 27.4 Å². The van der Waals surface area contributed by atoms with Crippen molar-refractivity contribution in [2.24, 2.45) is 0 Å². The van der Waals surface area contributed by atoms with E-state index in [1.807, 2.05) is 12.1 Å². The van der Waals surface area contributed by atoms with E-state index in [4.69, 9.17) is 0 Å². The molecule has 0 saturated carbocycles. The van der Waals surface area contributed by atoms with Crippen molar-refractivity contribution in [1.82, 2.24) is 0 Å².